The normalized spacial score (nSPS) is 10.5. The SMILES string of the molecule is CCN(C(=O)c1oc(C)nc1C)c1ccc(N)cc1. The Balaban J connectivity index is 2.34. The minimum atomic E-state index is -0.189. The van der Waals surface area contributed by atoms with Crippen LogP contribution in [0.15, 0.2) is 28.7 Å². The van der Waals surface area contributed by atoms with Crippen molar-refractivity contribution in [1.82, 2.24) is 4.98 Å². The van der Waals surface area contributed by atoms with Crippen LogP contribution >= 0.6 is 0 Å². The summed E-state index contributed by atoms with van der Waals surface area (Å²) in [6.45, 7) is 5.94. The number of nitrogens with two attached hydrogens (primary N) is 1. The van der Waals surface area contributed by atoms with Crippen molar-refractivity contribution in [2.75, 3.05) is 17.2 Å². The minimum absolute atomic E-state index is 0.189. The zero-order valence-electron chi connectivity index (χ0n) is 11.3. The highest BCUT2D eigenvalue weighted by atomic mass is 16.4. The van der Waals surface area contributed by atoms with Crippen molar-refractivity contribution >= 4 is 17.3 Å². The number of hydrogen-bond acceptors (Lipinski definition) is 4. The maximum Gasteiger partial charge on any atom is 0.295 e. The quantitative estimate of drug-likeness (QED) is 0.860. The van der Waals surface area contributed by atoms with E-state index in [1.807, 2.05) is 19.1 Å². The van der Waals surface area contributed by atoms with Crippen LogP contribution in [0.3, 0.4) is 0 Å². The van der Waals surface area contributed by atoms with Crippen LogP contribution in [0, 0.1) is 13.8 Å². The fourth-order valence-corrected chi connectivity index (χ4v) is 1.95. The Hall–Kier alpha value is -2.30. The molecule has 0 radical (unpaired) electrons. The molecule has 0 spiro atoms. The predicted molar refractivity (Wildman–Crippen MR) is 74.2 cm³/mol. The van der Waals surface area contributed by atoms with Gasteiger partial charge in [-0.05, 0) is 38.1 Å². The number of hydrogen-bond donors (Lipinski definition) is 1. The molecule has 1 aromatic carbocycles. The summed E-state index contributed by atoms with van der Waals surface area (Å²) in [6.07, 6.45) is 0. The van der Waals surface area contributed by atoms with Crippen molar-refractivity contribution in [1.29, 1.82) is 0 Å². The molecule has 5 heteroatoms. The Bertz CT molecular complexity index is 587. The molecule has 19 heavy (non-hydrogen) atoms. The Kier molecular flexibility index (Phi) is 3.55. The van der Waals surface area contributed by atoms with E-state index >= 15 is 0 Å². The third-order valence-electron chi connectivity index (χ3n) is 2.86. The van der Waals surface area contributed by atoms with Gasteiger partial charge in [0.25, 0.3) is 5.91 Å². The molecule has 5 nitrogen and oxygen atoms in total. The van der Waals surface area contributed by atoms with E-state index in [9.17, 15) is 4.79 Å². The van der Waals surface area contributed by atoms with E-state index in [-0.39, 0.29) is 11.7 Å². The topological polar surface area (TPSA) is 72.4 Å². The second kappa shape index (κ2) is 5.14. The van der Waals surface area contributed by atoms with Crippen LogP contribution in [-0.2, 0) is 0 Å². The Morgan fingerprint density at radius 3 is 2.42 bits per heavy atom. The molecule has 2 rings (SSSR count). The van der Waals surface area contributed by atoms with Gasteiger partial charge in [-0.1, -0.05) is 0 Å². The third-order valence-corrected chi connectivity index (χ3v) is 2.86. The fraction of sp³-hybridized carbons (Fsp3) is 0.286. The van der Waals surface area contributed by atoms with Gasteiger partial charge in [0, 0.05) is 24.8 Å². The summed E-state index contributed by atoms with van der Waals surface area (Å²) >= 11 is 0. The number of rotatable bonds is 3. The molecule has 0 fully saturated rings. The molecule has 2 N–H and O–H groups in total. The van der Waals surface area contributed by atoms with E-state index in [1.165, 1.54) is 0 Å². The second-order valence-corrected chi connectivity index (χ2v) is 4.29. The van der Waals surface area contributed by atoms with Gasteiger partial charge in [0.1, 0.15) is 0 Å². The summed E-state index contributed by atoms with van der Waals surface area (Å²) in [5.41, 5.74) is 7.71. The van der Waals surface area contributed by atoms with Gasteiger partial charge in [-0.3, -0.25) is 4.79 Å². The van der Waals surface area contributed by atoms with Gasteiger partial charge in [-0.25, -0.2) is 4.98 Å². The number of carbonyl (C=O) groups is 1. The van der Waals surface area contributed by atoms with Gasteiger partial charge in [0.15, 0.2) is 5.89 Å². The van der Waals surface area contributed by atoms with Crippen LogP contribution < -0.4 is 10.6 Å². The number of nitrogens with zero attached hydrogens (tertiary/aromatic N) is 2. The molecular formula is C14H17N3O2. The van der Waals surface area contributed by atoms with Crippen LogP contribution in [0.2, 0.25) is 0 Å². The highest BCUT2D eigenvalue weighted by Gasteiger charge is 2.22. The number of benzene rings is 1. The molecule has 0 atom stereocenters. The summed E-state index contributed by atoms with van der Waals surface area (Å²) in [7, 11) is 0. The monoisotopic (exact) mass is 259 g/mol. The van der Waals surface area contributed by atoms with Crippen molar-refractivity contribution in [2.45, 2.75) is 20.8 Å². The van der Waals surface area contributed by atoms with Crippen molar-refractivity contribution in [3.8, 4) is 0 Å². The Morgan fingerprint density at radius 2 is 1.95 bits per heavy atom. The number of nitrogen functional groups attached to an aromatic ring is 1. The first kappa shape index (κ1) is 13.1. The van der Waals surface area contributed by atoms with Crippen LogP contribution in [0.4, 0.5) is 11.4 Å². The van der Waals surface area contributed by atoms with E-state index in [1.54, 1.807) is 30.9 Å². The van der Waals surface area contributed by atoms with E-state index < -0.39 is 0 Å². The van der Waals surface area contributed by atoms with Gasteiger partial charge in [0.05, 0.1) is 5.69 Å². The molecule has 0 aliphatic rings. The number of carbonyl (C=O) groups excluding carboxylic acids is 1. The van der Waals surface area contributed by atoms with Crippen molar-refractivity contribution in [3.63, 3.8) is 0 Å². The van der Waals surface area contributed by atoms with Gasteiger partial charge < -0.3 is 15.1 Å². The lowest BCUT2D eigenvalue weighted by molar-refractivity contribution is 0.0959. The van der Waals surface area contributed by atoms with Crippen LogP contribution in [0.25, 0.3) is 0 Å². The average molecular weight is 259 g/mol. The molecule has 0 saturated carbocycles. The molecule has 1 amide bonds. The summed E-state index contributed by atoms with van der Waals surface area (Å²) in [5.74, 6) is 0.593. The van der Waals surface area contributed by atoms with Crippen LogP contribution in [0.1, 0.15) is 29.1 Å². The maximum atomic E-state index is 12.5. The highest BCUT2D eigenvalue weighted by Crippen LogP contribution is 2.20. The number of anilines is 2. The van der Waals surface area contributed by atoms with Crippen molar-refractivity contribution in [3.05, 3.63) is 41.6 Å². The molecule has 2 aromatic rings. The largest absolute Gasteiger partial charge is 0.436 e. The molecule has 0 unspecified atom stereocenters. The zero-order valence-corrected chi connectivity index (χ0v) is 11.3. The van der Waals surface area contributed by atoms with E-state index in [2.05, 4.69) is 4.98 Å². The van der Waals surface area contributed by atoms with Crippen molar-refractivity contribution in [2.24, 2.45) is 0 Å². The van der Waals surface area contributed by atoms with Crippen LogP contribution in [-0.4, -0.2) is 17.4 Å². The fourth-order valence-electron chi connectivity index (χ4n) is 1.95. The minimum Gasteiger partial charge on any atom is -0.436 e. The second-order valence-electron chi connectivity index (χ2n) is 4.29. The third kappa shape index (κ3) is 2.59. The molecule has 0 saturated heterocycles. The molecular weight excluding hydrogens is 242 g/mol. The molecule has 100 valence electrons. The summed E-state index contributed by atoms with van der Waals surface area (Å²) in [4.78, 5) is 18.2. The smallest absolute Gasteiger partial charge is 0.295 e. The molecule has 0 aliphatic carbocycles. The summed E-state index contributed by atoms with van der Waals surface area (Å²) < 4.78 is 5.38. The lowest BCUT2D eigenvalue weighted by Gasteiger charge is -2.20. The first-order valence-corrected chi connectivity index (χ1v) is 6.14. The Morgan fingerprint density at radius 1 is 1.32 bits per heavy atom. The highest BCUT2D eigenvalue weighted by molar-refractivity contribution is 6.04. The molecule has 1 aromatic heterocycles. The standard InChI is InChI=1S/C14H17N3O2/c1-4-17(12-7-5-11(15)6-8-12)14(18)13-9(2)16-10(3)19-13/h5-8H,4,15H2,1-3H3. The number of oxazole rings is 1. The molecule has 0 aliphatic heterocycles. The molecule has 1 heterocycles. The van der Waals surface area contributed by atoms with Gasteiger partial charge in [-0.15, -0.1) is 0 Å². The lowest BCUT2D eigenvalue weighted by Crippen LogP contribution is -2.30. The predicted octanol–water partition coefficient (Wildman–Crippen LogP) is 2.54. The van der Waals surface area contributed by atoms with Gasteiger partial charge >= 0.3 is 0 Å². The first-order chi connectivity index (χ1) is 9.02. The van der Waals surface area contributed by atoms with E-state index in [0.717, 1.165) is 5.69 Å². The van der Waals surface area contributed by atoms with Crippen LogP contribution in [0.5, 0.6) is 0 Å². The molecule has 0 bridgehead atoms. The van der Waals surface area contributed by atoms with E-state index in [0.29, 0.717) is 23.8 Å². The van der Waals surface area contributed by atoms with Gasteiger partial charge in [0.2, 0.25) is 5.76 Å². The zero-order chi connectivity index (χ0) is 14.0. The van der Waals surface area contributed by atoms with E-state index in [4.69, 9.17) is 10.2 Å². The number of amides is 1. The Labute approximate surface area is 112 Å². The first-order valence-electron chi connectivity index (χ1n) is 6.14. The summed E-state index contributed by atoms with van der Waals surface area (Å²) in [6, 6.07) is 7.16. The average Bonchev–Trinajstić information content (AvgIpc) is 2.71. The van der Waals surface area contributed by atoms with Crippen molar-refractivity contribution < 1.29 is 9.21 Å². The van der Waals surface area contributed by atoms with Gasteiger partial charge in [-0.2, -0.15) is 0 Å². The maximum absolute atomic E-state index is 12.5. The lowest BCUT2D eigenvalue weighted by atomic mass is 10.2. The summed E-state index contributed by atoms with van der Waals surface area (Å²) in [5, 5.41) is 0. The number of aromatic nitrogens is 1. The number of aryl methyl sites for hydroxylation is 2.